The van der Waals surface area contributed by atoms with E-state index in [2.05, 4.69) is 10.6 Å². The summed E-state index contributed by atoms with van der Waals surface area (Å²) in [6.07, 6.45) is 0. The molecule has 24 heavy (non-hydrogen) atoms. The second kappa shape index (κ2) is 8.98. The molecule has 0 atom stereocenters. The Hall–Kier alpha value is -2.47. The number of para-hydroxylation sites is 1. The highest BCUT2D eigenvalue weighted by molar-refractivity contribution is 8.00. The van der Waals surface area contributed by atoms with Crippen LogP contribution in [-0.2, 0) is 16.1 Å². The molecule has 2 N–H and O–H groups in total. The number of ether oxygens (including phenoxy) is 1. The van der Waals surface area contributed by atoms with Crippen molar-refractivity contribution in [1.82, 2.24) is 5.32 Å². The number of methoxy groups -OCH3 is 1. The van der Waals surface area contributed by atoms with Gasteiger partial charge in [0.05, 0.1) is 12.9 Å². The Labute approximate surface area is 145 Å². The quantitative estimate of drug-likeness (QED) is 0.758. The van der Waals surface area contributed by atoms with Gasteiger partial charge in [-0.2, -0.15) is 0 Å². The summed E-state index contributed by atoms with van der Waals surface area (Å²) in [6, 6.07) is 15.0. The lowest BCUT2D eigenvalue weighted by Crippen LogP contribution is -2.24. The number of amides is 2. The molecule has 2 rings (SSSR count). The van der Waals surface area contributed by atoms with Crippen LogP contribution >= 0.6 is 11.8 Å². The maximum atomic E-state index is 12.0. The van der Waals surface area contributed by atoms with Gasteiger partial charge in [-0.15, -0.1) is 11.8 Å². The number of hydrogen-bond donors (Lipinski definition) is 2. The van der Waals surface area contributed by atoms with E-state index >= 15 is 0 Å². The van der Waals surface area contributed by atoms with Crippen LogP contribution in [0.4, 0.5) is 5.69 Å². The van der Waals surface area contributed by atoms with Crippen LogP contribution in [0.25, 0.3) is 0 Å². The van der Waals surface area contributed by atoms with Gasteiger partial charge in [0.15, 0.2) is 0 Å². The predicted molar refractivity (Wildman–Crippen MR) is 96.3 cm³/mol. The maximum Gasteiger partial charge on any atom is 0.230 e. The molecule has 0 radical (unpaired) electrons. The fraction of sp³-hybridized carbons (Fsp3) is 0.222. The normalized spacial score (nSPS) is 10.1. The summed E-state index contributed by atoms with van der Waals surface area (Å²) in [5, 5.41) is 5.59. The van der Waals surface area contributed by atoms with Crippen molar-refractivity contribution in [2.75, 3.05) is 18.2 Å². The van der Waals surface area contributed by atoms with E-state index in [1.54, 1.807) is 7.11 Å². The average Bonchev–Trinajstić information content (AvgIpc) is 2.59. The molecule has 0 aliphatic carbocycles. The monoisotopic (exact) mass is 344 g/mol. The zero-order valence-electron chi connectivity index (χ0n) is 13.7. The average molecular weight is 344 g/mol. The molecule has 5 nitrogen and oxygen atoms in total. The van der Waals surface area contributed by atoms with Crippen molar-refractivity contribution in [1.29, 1.82) is 0 Å². The Bertz CT molecular complexity index is 702. The first-order chi connectivity index (χ1) is 11.6. The fourth-order valence-corrected chi connectivity index (χ4v) is 2.81. The minimum atomic E-state index is -0.105. The fourth-order valence-electron chi connectivity index (χ4n) is 2.08. The van der Waals surface area contributed by atoms with Crippen molar-refractivity contribution in [2.45, 2.75) is 18.4 Å². The minimum Gasteiger partial charge on any atom is -0.496 e. The standard InChI is InChI=1S/C18H20N2O3S/c1-13(21)20-15-7-9-16(10-8-15)24-12-18(22)19-11-14-5-3-4-6-17(14)23-2/h3-10H,11-12H2,1-2H3,(H,19,22)(H,20,21). The van der Waals surface area contributed by atoms with Crippen molar-refractivity contribution in [3.05, 3.63) is 54.1 Å². The highest BCUT2D eigenvalue weighted by Gasteiger charge is 2.06. The van der Waals surface area contributed by atoms with Crippen LogP contribution in [-0.4, -0.2) is 24.7 Å². The van der Waals surface area contributed by atoms with Gasteiger partial charge in [-0.25, -0.2) is 0 Å². The number of rotatable bonds is 7. The molecule has 0 saturated carbocycles. The van der Waals surface area contributed by atoms with E-state index in [0.717, 1.165) is 21.9 Å². The molecule has 126 valence electrons. The lowest BCUT2D eigenvalue weighted by Gasteiger charge is -2.09. The van der Waals surface area contributed by atoms with E-state index in [-0.39, 0.29) is 11.8 Å². The predicted octanol–water partition coefficient (Wildman–Crippen LogP) is 3.06. The van der Waals surface area contributed by atoms with E-state index in [1.807, 2.05) is 48.5 Å². The molecule has 0 aromatic heterocycles. The number of benzene rings is 2. The highest BCUT2D eigenvalue weighted by atomic mass is 32.2. The van der Waals surface area contributed by atoms with Crippen molar-refractivity contribution in [3.8, 4) is 5.75 Å². The Morgan fingerprint density at radius 1 is 1.08 bits per heavy atom. The van der Waals surface area contributed by atoms with Gasteiger partial charge in [0.1, 0.15) is 5.75 Å². The zero-order valence-corrected chi connectivity index (χ0v) is 14.5. The SMILES string of the molecule is COc1ccccc1CNC(=O)CSc1ccc(NC(C)=O)cc1. The summed E-state index contributed by atoms with van der Waals surface area (Å²) in [5.74, 6) is 0.941. The van der Waals surface area contributed by atoms with Gasteiger partial charge >= 0.3 is 0 Å². The topological polar surface area (TPSA) is 67.4 Å². The highest BCUT2D eigenvalue weighted by Crippen LogP contribution is 2.20. The van der Waals surface area contributed by atoms with Gasteiger partial charge in [0, 0.05) is 29.6 Å². The number of thioether (sulfide) groups is 1. The summed E-state index contributed by atoms with van der Waals surface area (Å²) in [5.41, 5.74) is 1.69. The maximum absolute atomic E-state index is 12.0. The lowest BCUT2D eigenvalue weighted by atomic mass is 10.2. The minimum absolute atomic E-state index is 0.0446. The molecule has 0 bridgehead atoms. The van der Waals surface area contributed by atoms with E-state index < -0.39 is 0 Å². The van der Waals surface area contributed by atoms with E-state index in [9.17, 15) is 9.59 Å². The number of anilines is 1. The van der Waals surface area contributed by atoms with Crippen molar-refractivity contribution >= 4 is 29.3 Å². The molecule has 0 unspecified atom stereocenters. The van der Waals surface area contributed by atoms with Gasteiger partial charge in [0.25, 0.3) is 0 Å². The van der Waals surface area contributed by atoms with Crippen molar-refractivity contribution in [3.63, 3.8) is 0 Å². The number of hydrogen-bond acceptors (Lipinski definition) is 4. The second-order valence-corrected chi connectivity index (χ2v) is 6.13. The van der Waals surface area contributed by atoms with Crippen LogP contribution < -0.4 is 15.4 Å². The first kappa shape index (κ1) is 17.9. The van der Waals surface area contributed by atoms with Crippen molar-refractivity contribution < 1.29 is 14.3 Å². The molecule has 0 heterocycles. The smallest absolute Gasteiger partial charge is 0.230 e. The van der Waals surface area contributed by atoms with Crippen LogP contribution in [0.2, 0.25) is 0 Å². The molecule has 6 heteroatoms. The third-order valence-corrected chi connectivity index (χ3v) is 4.23. The number of carbonyl (C=O) groups excluding carboxylic acids is 2. The van der Waals surface area contributed by atoms with E-state index in [0.29, 0.717) is 12.3 Å². The molecule has 0 aliphatic rings. The van der Waals surface area contributed by atoms with Crippen molar-refractivity contribution in [2.24, 2.45) is 0 Å². The van der Waals surface area contributed by atoms with Crippen LogP contribution in [0.3, 0.4) is 0 Å². The number of carbonyl (C=O) groups is 2. The summed E-state index contributed by atoms with van der Waals surface area (Å²) in [7, 11) is 1.61. The summed E-state index contributed by atoms with van der Waals surface area (Å²) in [4.78, 5) is 23.9. The Morgan fingerprint density at radius 2 is 1.79 bits per heavy atom. The van der Waals surface area contributed by atoms with Gasteiger partial charge < -0.3 is 15.4 Å². The zero-order chi connectivity index (χ0) is 17.4. The molecular formula is C18H20N2O3S. The molecule has 0 saturated heterocycles. The summed E-state index contributed by atoms with van der Waals surface area (Å²) < 4.78 is 5.26. The molecule has 2 aromatic rings. The van der Waals surface area contributed by atoms with Gasteiger partial charge in [-0.05, 0) is 30.3 Å². The summed E-state index contributed by atoms with van der Waals surface area (Å²) in [6.45, 7) is 1.90. The molecule has 0 fully saturated rings. The molecular weight excluding hydrogens is 324 g/mol. The Kier molecular flexibility index (Phi) is 6.69. The lowest BCUT2D eigenvalue weighted by molar-refractivity contribution is -0.118. The van der Waals surface area contributed by atoms with Gasteiger partial charge in [-0.1, -0.05) is 18.2 Å². The molecule has 0 spiro atoms. The summed E-state index contributed by atoms with van der Waals surface area (Å²) >= 11 is 1.45. The third kappa shape index (κ3) is 5.62. The van der Waals surface area contributed by atoms with Gasteiger partial charge in [-0.3, -0.25) is 9.59 Å². The molecule has 2 amide bonds. The Morgan fingerprint density at radius 3 is 2.46 bits per heavy atom. The van der Waals surface area contributed by atoms with E-state index in [4.69, 9.17) is 4.74 Å². The molecule has 2 aromatic carbocycles. The van der Waals surface area contributed by atoms with Gasteiger partial charge in [0.2, 0.25) is 11.8 Å². The van der Waals surface area contributed by atoms with Crippen LogP contribution in [0, 0.1) is 0 Å². The largest absolute Gasteiger partial charge is 0.496 e. The van der Waals surface area contributed by atoms with Crippen LogP contribution in [0.1, 0.15) is 12.5 Å². The van der Waals surface area contributed by atoms with E-state index in [1.165, 1.54) is 18.7 Å². The first-order valence-corrected chi connectivity index (χ1v) is 8.46. The van der Waals surface area contributed by atoms with Crippen LogP contribution in [0.5, 0.6) is 5.75 Å². The molecule has 0 aliphatic heterocycles. The van der Waals surface area contributed by atoms with Crippen LogP contribution in [0.15, 0.2) is 53.4 Å². The number of nitrogens with one attached hydrogen (secondary N) is 2. The third-order valence-electron chi connectivity index (χ3n) is 3.21. The Balaban J connectivity index is 1.79. The second-order valence-electron chi connectivity index (χ2n) is 5.08. The first-order valence-electron chi connectivity index (χ1n) is 7.47.